The van der Waals surface area contributed by atoms with Crippen LogP contribution in [0.15, 0.2) is 18.7 Å². The van der Waals surface area contributed by atoms with Gasteiger partial charge < -0.3 is 19.6 Å². The second-order valence-electron chi connectivity index (χ2n) is 9.62. The van der Waals surface area contributed by atoms with Gasteiger partial charge in [-0.25, -0.2) is 4.79 Å². The number of piperazine rings is 1. The lowest BCUT2D eigenvalue weighted by atomic mass is 9.83. The average molecular weight is 447 g/mol. The summed E-state index contributed by atoms with van der Waals surface area (Å²) in [7, 11) is 1.44. The molecule has 2 aliphatic rings. The van der Waals surface area contributed by atoms with Gasteiger partial charge in [0.15, 0.2) is 5.75 Å². The van der Waals surface area contributed by atoms with Crippen molar-refractivity contribution in [2.45, 2.75) is 45.7 Å². The zero-order valence-corrected chi connectivity index (χ0v) is 19.4. The number of nitro groups is 1. The summed E-state index contributed by atoms with van der Waals surface area (Å²) < 4.78 is 5.26. The van der Waals surface area contributed by atoms with Crippen molar-refractivity contribution < 1.29 is 19.6 Å². The van der Waals surface area contributed by atoms with E-state index in [0.717, 1.165) is 50.3 Å². The Bertz CT molecular complexity index is 874. The van der Waals surface area contributed by atoms with Gasteiger partial charge in [-0.15, -0.1) is 0 Å². The predicted octanol–water partition coefficient (Wildman–Crippen LogP) is 3.93. The maximum atomic E-state index is 11.7. The number of ether oxygens (including phenoxy) is 1. The fourth-order valence-electron chi connectivity index (χ4n) is 4.90. The van der Waals surface area contributed by atoms with Crippen molar-refractivity contribution in [1.29, 1.82) is 0 Å². The lowest BCUT2D eigenvalue weighted by molar-refractivity contribution is -0.385. The largest absolute Gasteiger partial charge is 0.490 e. The molecule has 2 heterocycles. The molecule has 0 radical (unpaired) electrons. The maximum absolute atomic E-state index is 11.7. The van der Waals surface area contributed by atoms with Crippen LogP contribution in [0.2, 0.25) is 0 Å². The first-order valence-corrected chi connectivity index (χ1v) is 11.0. The van der Waals surface area contributed by atoms with E-state index >= 15 is 0 Å². The number of hydrogen-bond acceptors (Lipinski definition) is 6. The van der Waals surface area contributed by atoms with Gasteiger partial charge in [0.05, 0.1) is 18.1 Å². The van der Waals surface area contributed by atoms with Gasteiger partial charge in [0.2, 0.25) is 0 Å². The quantitative estimate of drug-likeness (QED) is 0.540. The summed E-state index contributed by atoms with van der Waals surface area (Å²) in [6, 6.07) is 3.60. The van der Waals surface area contributed by atoms with Gasteiger partial charge in [-0.3, -0.25) is 15.0 Å². The lowest BCUT2D eigenvalue weighted by Gasteiger charge is -2.49. The summed E-state index contributed by atoms with van der Waals surface area (Å²) in [6.07, 6.45) is 2.69. The number of hydrogen-bond donors (Lipinski definition) is 1. The SMILES string of the molecule is C=Cc1cc([N+](=O)[O-])c(OC)cc1N1CCC(N2CCN(C(=O)O)C(C(C)(C)C)C2)CC1. The first-order chi connectivity index (χ1) is 15.1. The smallest absolute Gasteiger partial charge is 0.407 e. The molecule has 2 fully saturated rings. The molecule has 3 rings (SSSR count). The van der Waals surface area contributed by atoms with E-state index in [9.17, 15) is 20.0 Å². The van der Waals surface area contributed by atoms with Gasteiger partial charge in [-0.2, -0.15) is 0 Å². The van der Waals surface area contributed by atoms with Crippen LogP contribution in [-0.2, 0) is 0 Å². The summed E-state index contributed by atoms with van der Waals surface area (Å²) in [5.41, 5.74) is 1.42. The molecule has 1 aromatic rings. The van der Waals surface area contributed by atoms with Crippen molar-refractivity contribution in [2.24, 2.45) is 5.41 Å². The Kier molecular flexibility index (Phi) is 6.97. The van der Waals surface area contributed by atoms with Crippen molar-refractivity contribution in [2.75, 3.05) is 44.7 Å². The zero-order valence-electron chi connectivity index (χ0n) is 19.4. The Morgan fingerprint density at radius 2 is 1.91 bits per heavy atom. The highest BCUT2D eigenvalue weighted by Crippen LogP contribution is 2.37. The molecule has 2 aliphatic heterocycles. The van der Waals surface area contributed by atoms with E-state index in [0.29, 0.717) is 12.6 Å². The molecule has 0 aromatic heterocycles. The summed E-state index contributed by atoms with van der Waals surface area (Å²) in [5.74, 6) is 0.246. The summed E-state index contributed by atoms with van der Waals surface area (Å²) in [4.78, 5) is 28.9. The van der Waals surface area contributed by atoms with Crippen LogP contribution in [0.1, 0.15) is 39.2 Å². The van der Waals surface area contributed by atoms with E-state index in [1.807, 2.05) is 0 Å². The highest BCUT2D eigenvalue weighted by atomic mass is 16.6. The number of carbonyl (C=O) groups is 1. The van der Waals surface area contributed by atoms with Gasteiger partial charge in [-0.05, 0) is 18.3 Å². The summed E-state index contributed by atoms with van der Waals surface area (Å²) in [6.45, 7) is 13.8. The number of nitrogens with zero attached hydrogens (tertiary/aromatic N) is 4. The molecule has 0 spiro atoms. The second kappa shape index (κ2) is 9.36. The van der Waals surface area contributed by atoms with E-state index in [1.165, 1.54) is 13.2 Å². The van der Waals surface area contributed by atoms with Gasteiger partial charge >= 0.3 is 11.8 Å². The Labute approximate surface area is 189 Å². The maximum Gasteiger partial charge on any atom is 0.407 e. The van der Waals surface area contributed by atoms with Crippen molar-refractivity contribution in [3.8, 4) is 5.75 Å². The van der Waals surface area contributed by atoms with E-state index < -0.39 is 11.0 Å². The third-order valence-corrected chi connectivity index (χ3v) is 6.72. The minimum Gasteiger partial charge on any atom is -0.490 e. The first-order valence-electron chi connectivity index (χ1n) is 11.0. The predicted molar refractivity (Wildman–Crippen MR) is 125 cm³/mol. The molecule has 1 atom stereocenters. The van der Waals surface area contributed by atoms with Crippen LogP contribution in [0.3, 0.4) is 0 Å². The standard InChI is InChI=1S/C23H34N4O5/c1-6-16-13-19(27(30)31)20(32-5)14-18(16)24-9-7-17(8-10-24)25-11-12-26(22(28)29)21(15-25)23(2,3)4/h6,13-14,17,21H,1,7-12,15H2,2-5H3,(H,28,29). The minimum atomic E-state index is -0.844. The first kappa shape index (κ1) is 23.8. The highest BCUT2D eigenvalue weighted by Gasteiger charge is 2.40. The van der Waals surface area contributed by atoms with Gasteiger partial charge in [0, 0.05) is 62.1 Å². The molecule has 1 unspecified atom stereocenters. The van der Waals surface area contributed by atoms with E-state index in [-0.39, 0.29) is 22.9 Å². The number of benzene rings is 1. The molecule has 9 nitrogen and oxygen atoms in total. The molecule has 1 aromatic carbocycles. The van der Waals surface area contributed by atoms with Crippen molar-refractivity contribution in [3.63, 3.8) is 0 Å². The number of nitro benzene ring substituents is 1. The molecule has 2 saturated heterocycles. The van der Waals surface area contributed by atoms with E-state index in [2.05, 4.69) is 37.1 Å². The Morgan fingerprint density at radius 1 is 1.25 bits per heavy atom. The number of carboxylic acid groups (broad SMARTS) is 1. The van der Waals surface area contributed by atoms with Crippen molar-refractivity contribution in [1.82, 2.24) is 9.80 Å². The van der Waals surface area contributed by atoms with E-state index in [1.54, 1.807) is 17.0 Å². The topological polar surface area (TPSA) is 99.4 Å². The molecule has 1 amide bonds. The second-order valence-corrected chi connectivity index (χ2v) is 9.62. The fourth-order valence-corrected chi connectivity index (χ4v) is 4.90. The number of anilines is 1. The number of rotatable bonds is 5. The summed E-state index contributed by atoms with van der Waals surface area (Å²) >= 11 is 0. The number of methoxy groups -OCH3 is 1. The van der Waals surface area contributed by atoms with Crippen LogP contribution in [-0.4, -0.2) is 77.8 Å². The van der Waals surface area contributed by atoms with Gasteiger partial charge in [-0.1, -0.05) is 33.4 Å². The summed E-state index contributed by atoms with van der Waals surface area (Å²) in [5, 5.41) is 21.0. The number of amides is 1. The molecular formula is C23H34N4O5. The molecule has 0 saturated carbocycles. The Morgan fingerprint density at radius 3 is 2.41 bits per heavy atom. The molecule has 0 bridgehead atoms. The van der Waals surface area contributed by atoms with Crippen LogP contribution in [0.4, 0.5) is 16.2 Å². The Balaban J connectivity index is 1.72. The third kappa shape index (κ3) is 4.82. The van der Waals surface area contributed by atoms with Gasteiger partial charge in [0.1, 0.15) is 0 Å². The van der Waals surface area contributed by atoms with Crippen LogP contribution in [0.5, 0.6) is 5.75 Å². The lowest BCUT2D eigenvalue weighted by Crippen LogP contribution is -2.62. The third-order valence-electron chi connectivity index (χ3n) is 6.72. The monoisotopic (exact) mass is 446 g/mol. The minimum absolute atomic E-state index is 0.0434. The van der Waals surface area contributed by atoms with E-state index in [4.69, 9.17) is 4.74 Å². The Hall–Kier alpha value is -2.81. The van der Waals surface area contributed by atoms with Crippen LogP contribution < -0.4 is 9.64 Å². The van der Waals surface area contributed by atoms with Crippen LogP contribution in [0, 0.1) is 15.5 Å². The average Bonchev–Trinajstić information content (AvgIpc) is 2.77. The molecule has 1 N–H and O–H groups in total. The van der Waals surface area contributed by atoms with Gasteiger partial charge in [0.25, 0.3) is 0 Å². The van der Waals surface area contributed by atoms with Crippen molar-refractivity contribution >= 4 is 23.5 Å². The zero-order chi connectivity index (χ0) is 23.6. The number of piperidine rings is 1. The molecule has 0 aliphatic carbocycles. The highest BCUT2D eigenvalue weighted by molar-refractivity contribution is 5.73. The van der Waals surface area contributed by atoms with Crippen molar-refractivity contribution in [3.05, 3.63) is 34.4 Å². The van der Waals surface area contributed by atoms with Crippen LogP contribution in [0.25, 0.3) is 6.08 Å². The molecular weight excluding hydrogens is 412 g/mol. The van der Waals surface area contributed by atoms with Crippen LogP contribution >= 0.6 is 0 Å². The molecule has 9 heteroatoms. The molecule has 176 valence electrons. The molecule has 32 heavy (non-hydrogen) atoms. The fraction of sp³-hybridized carbons (Fsp3) is 0.609. The normalized spacial score (nSPS) is 20.8.